The van der Waals surface area contributed by atoms with Crippen LogP contribution in [0, 0.1) is 39.5 Å². The lowest BCUT2D eigenvalue weighted by molar-refractivity contribution is 0.0915. The van der Waals surface area contributed by atoms with Crippen LogP contribution in [0.3, 0.4) is 0 Å². The van der Waals surface area contributed by atoms with Crippen molar-refractivity contribution >= 4 is 17.5 Å². The van der Waals surface area contributed by atoms with E-state index in [2.05, 4.69) is 47.7 Å². The number of benzene rings is 1. The van der Waals surface area contributed by atoms with Crippen molar-refractivity contribution in [1.82, 2.24) is 14.9 Å². The standard InChI is InChI=1S/C24H32N4O/c1-14-12-15(2)21(16(3)13-14)27-10-5-11-28-22(17(4)25-24(27)28)23(29)26-20(18-6-7-18)19-8-9-19/h12-13,18-20H,5-11H2,1-4H3,(H,26,29). The third-order valence-corrected chi connectivity index (χ3v) is 6.80. The van der Waals surface area contributed by atoms with Crippen molar-refractivity contribution in [3.63, 3.8) is 0 Å². The predicted molar refractivity (Wildman–Crippen MR) is 116 cm³/mol. The normalized spacial score (nSPS) is 18.9. The van der Waals surface area contributed by atoms with Crippen molar-refractivity contribution < 1.29 is 4.79 Å². The Morgan fingerprint density at radius 2 is 1.66 bits per heavy atom. The Morgan fingerprint density at radius 1 is 1.03 bits per heavy atom. The van der Waals surface area contributed by atoms with E-state index in [9.17, 15) is 4.79 Å². The Kier molecular flexibility index (Phi) is 4.45. The summed E-state index contributed by atoms with van der Waals surface area (Å²) in [7, 11) is 0. The topological polar surface area (TPSA) is 50.2 Å². The Labute approximate surface area is 173 Å². The third kappa shape index (κ3) is 3.34. The number of fused-ring (bicyclic) bond motifs is 1. The average molecular weight is 393 g/mol. The van der Waals surface area contributed by atoms with E-state index in [1.54, 1.807) is 0 Å². The van der Waals surface area contributed by atoms with Crippen LogP contribution in [0.15, 0.2) is 12.1 Å². The minimum absolute atomic E-state index is 0.0734. The van der Waals surface area contributed by atoms with E-state index in [1.165, 1.54) is 48.1 Å². The van der Waals surface area contributed by atoms with Gasteiger partial charge in [0.25, 0.3) is 5.91 Å². The Balaban J connectivity index is 1.49. The molecule has 0 spiro atoms. The number of rotatable bonds is 5. The molecule has 154 valence electrons. The smallest absolute Gasteiger partial charge is 0.270 e. The van der Waals surface area contributed by atoms with Crippen LogP contribution in [0.4, 0.5) is 11.6 Å². The molecule has 2 heterocycles. The number of anilines is 2. The van der Waals surface area contributed by atoms with E-state index >= 15 is 0 Å². The molecule has 0 unspecified atom stereocenters. The number of imidazole rings is 1. The first-order valence-corrected chi connectivity index (χ1v) is 11.2. The minimum atomic E-state index is 0.0734. The number of aryl methyl sites for hydroxylation is 4. The van der Waals surface area contributed by atoms with E-state index in [4.69, 9.17) is 4.98 Å². The number of carbonyl (C=O) groups is 1. The molecule has 5 rings (SSSR count). The molecule has 1 amide bonds. The number of amides is 1. The van der Waals surface area contributed by atoms with Crippen LogP contribution in [0.25, 0.3) is 0 Å². The monoisotopic (exact) mass is 392 g/mol. The van der Waals surface area contributed by atoms with Gasteiger partial charge in [0.05, 0.1) is 5.69 Å². The zero-order valence-electron chi connectivity index (χ0n) is 18.1. The van der Waals surface area contributed by atoms with E-state index in [0.29, 0.717) is 17.9 Å². The lowest BCUT2D eigenvalue weighted by atomic mass is 10.0. The van der Waals surface area contributed by atoms with Gasteiger partial charge in [-0.05, 0) is 82.8 Å². The first kappa shape index (κ1) is 18.7. The molecular weight excluding hydrogens is 360 g/mol. The summed E-state index contributed by atoms with van der Waals surface area (Å²) >= 11 is 0. The fraction of sp³-hybridized carbons (Fsp3) is 0.583. The molecule has 2 aromatic rings. The number of nitrogens with zero attached hydrogens (tertiary/aromatic N) is 3. The van der Waals surface area contributed by atoms with Gasteiger partial charge in [0, 0.05) is 24.8 Å². The van der Waals surface area contributed by atoms with Crippen LogP contribution >= 0.6 is 0 Å². The maximum absolute atomic E-state index is 13.3. The third-order valence-electron chi connectivity index (χ3n) is 6.80. The van der Waals surface area contributed by atoms with E-state index in [0.717, 1.165) is 36.8 Å². The summed E-state index contributed by atoms with van der Waals surface area (Å²) in [6, 6.07) is 4.84. The maximum atomic E-state index is 13.3. The van der Waals surface area contributed by atoms with Gasteiger partial charge < -0.3 is 14.8 Å². The summed E-state index contributed by atoms with van der Waals surface area (Å²) in [6.45, 7) is 10.3. The molecule has 29 heavy (non-hydrogen) atoms. The van der Waals surface area contributed by atoms with E-state index < -0.39 is 0 Å². The summed E-state index contributed by atoms with van der Waals surface area (Å²) in [5.41, 5.74) is 6.67. The van der Waals surface area contributed by atoms with Gasteiger partial charge in [-0.25, -0.2) is 4.98 Å². The summed E-state index contributed by atoms with van der Waals surface area (Å²) in [5.74, 6) is 2.39. The van der Waals surface area contributed by atoms with Gasteiger partial charge in [-0.2, -0.15) is 0 Å². The second kappa shape index (κ2) is 6.89. The molecule has 5 nitrogen and oxygen atoms in total. The van der Waals surface area contributed by atoms with Crippen molar-refractivity contribution in [2.24, 2.45) is 11.8 Å². The zero-order valence-corrected chi connectivity index (χ0v) is 18.1. The number of aromatic nitrogens is 2. The van der Waals surface area contributed by atoms with Crippen LogP contribution < -0.4 is 10.2 Å². The van der Waals surface area contributed by atoms with Crippen molar-refractivity contribution in [1.29, 1.82) is 0 Å². The highest BCUT2D eigenvalue weighted by atomic mass is 16.2. The molecule has 5 heteroatoms. The molecule has 1 N–H and O–H groups in total. The Hall–Kier alpha value is -2.30. The first-order chi connectivity index (χ1) is 13.9. The van der Waals surface area contributed by atoms with Crippen molar-refractivity contribution in [2.45, 2.75) is 72.4 Å². The van der Waals surface area contributed by atoms with Gasteiger partial charge in [-0.15, -0.1) is 0 Å². The van der Waals surface area contributed by atoms with Gasteiger partial charge in [-0.1, -0.05) is 17.7 Å². The summed E-state index contributed by atoms with van der Waals surface area (Å²) < 4.78 is 2.16. The highest BCUT2D eigenvalue weighted by molar-refractivity contribution is 5.95. The number of hydrogen-bond donors (Lipinski definition) is 1. The minimum Gasteiger partial charge on any atom is -0.347 e. The molecule has 2 fully saturated rings. The second-order valence-electron chi connectivity index (χ2n) is 9.42. The SMILES string of the molecule is Cc1cc(C)c(N2CCCn3c2nc(C)c3C(=O)NC(C2CC2)C2CC2)c(C)c1. The van der Waals surface area contributed by atoms with Gasteiger partial charge in [0.15, 0.2) is 0 Å². The molecule has 0 saturated heterocycles. The number of hydrogen-bond acceptors (Lipinski definition) is 3. The lowest BCUT2D eigenvalue weighted by Gasteiger charge is -2.32. The molecule has 2 saturated carbocycles. The fourth-order valence-electron chi connectivity index (χ4n) is 5.31. The van der Waals surface area contributed by atoms with Crippen LogP contribution in [0.1, 0.15) is 65.0 Å². The zero-order chi connectivity index (χ0) is 20.3. The van der Waals surface area contributed by atoms with Crippen molar-refractivity contribution in [2.75, 3.05) is 11.4 Å². The van der Waals surface area contributed by atoms with Crippen LogP contribution in [-0.4, -0.2) is 28.0 Å². The molecule has 1 aromatic carbocycles. The highest BCUT2D eigenvalue weighted by Gasteiger charge is 2.43. The second-order valence-corrected chi connectivity index (χ2v) is 9.42. The molecule has 0 radical (unpaired) electrons. The Morgan fingerprint density at radius 3 is 2.24 bits per heavy atom. The molecule has 3 aliphatic rings. The van der Waals surface area contributed by atoms with Crippen LogP contribution in [0.5, 0.6) is 0 Å². The van der Waals surface area contributed by atoms with Gasteiger partial charge >= 0.3 is 0 Å². The lowest BCUT2D eigenvalue weighted by Crippen LogP contribution is -2.40. The van der Waals surface area contributed by atoms with Crippen LogP contribution in [-0.2, 0) is 6.54 Å². The molecule has 2 aliphatic carbocycles. The summed E-state index contributed by atoms with van der Waals surface area (Å²) in [4.78, 5) is 20.5. The number of nitrogens with one attached hydrogen (secondary N) is 1. The first-order valence-electron chi connectivity index (χ1n) is 11.2. The Bertz CT molecular complexity index is 932. The quantitative estimate of drug-likeness (QED) is 0.810. The van der Waals surface area contributed by atoms with Crippen molar-refractivity contribution in [3.05, 3.63) is 40.2 Å². The van der Waals surface area contributed by atoms with Crippen molar-refractivity contribution in [3.8, 4) is 0 Å². The maximum Gasteiger partial charge on any atom is 0.270 e. The largest absolute Gasteiger partial charge is 0.347 e. The predicted octanol–water partition coefficient (Wildman–Crippen LogP) is 4.58. The average Bonchev–Trinajstić information content (AvgIpc) is 3.56. The number of carbonyl (C=O) groups excluding carboxylic acids is 1. The van der Waals surface area contributed by atoms with Crippen LogP contribution in [0.2, 0.25) is 0 Å². The highest BCUT2D eigenvalue weighted by Crippen LogP contribution is 2.44. The van der Waals surface area contributed by atoms with E-state index in [1.807, 2.05) is 6.92 Å². The fourth-order valence-corrected chi connectivity index (χ4v) is 5.31. The molecular formula is C24H32N4O. The van der Waals surface area contributed by atoms with E-state index in [-0.39, 0.29) is 5.91 Å². The molecule has 1 aromatic heterocycles. The molecule has 1 aliphatic heterocycles. The summed E-state index contributed by atoms with van der Waals surface area (Å²) in [6.07, 6.45) is 6.09. The molecule has 0 bridgehead atoms. The molecule has 0 atom stereocenters. The summed E-state index contributed by atoms with van der Waals surface area (Å²) in [5, 5.41) is 3.40. The van der Waals surface area contributed by atoms with Gasteiger partial charge in [-0.3, -0.25) is 4.79 Å². The van der Waals surface area contributed by atoms with Gasteiger partial charge in [0.2, 0.25) is 5.95 Å². The van der Waals surface area contributed by atoms with Gasteiger partial charge in [0.1, 0.15) is 5.69 Å².